The monoisotopic (exact) mass is 365 g/mol. The highest BCUT2D eigenvalue weighted by Gasteiger charge is 2.31. The molecule has 2 aromatic heterocycles. The average Bonchev–Trinajstić information content (AvgIpc) is 3.29. The molecular weight excluding hydrogens is 346 g/mol. The van der Waals surface area contributed by atoms with Crippen LogP contribution in [0.3, 0.4) is 0 Å². The van der Waals surface area contributed by atoms with E-state index in [1.165, 1.54) is 11.3 Å². The number of amides is 1. The van der Waals surface area contributed by atoms with Crippen molar-refractivity contribution in [2.45, 2.75) is 31.7 Å². The van der Waals surface area contributed by atoms with E-state index >= 15 is 0 Å². The summed E-state index contributed by atoms with van der Waals surface area (Å²) in [6.07, 6.45) is 1.88. The first kappa shape index (κ1) is 17.6. The lowest BCUT2D eigenvalue weighted by Gasteiger charge is -2.28. The number of carbonyl (C=O) groups is 2. The fourth-order valence-corrected chi connectivity index (χ4v) is 3.38. The molecule has 2 N–H and O–H groups in total. The van der Waals surface area contributed by atoms with Gasteiger partial charge in [-0.15, -0.1) is 0 Å². The minimum Gasteiger partial charge on any atom is -0.480 e. The van der Waals surface area contributed by atoms with Crippen LogP contribution in [-0.4, -0.2) is 46.4 Å². The summed E-state index contributed by atoms with van der Waals surface area (Å²) in [4.78, 5) is 27.8. The van der Waals surface area contributed by atoms with Crippen molar-refractivity contribution in [1.29, 1.82) is 0 Å². The number of carbonyl (C=O) groups excluding carboxylic acids is 1. The van der Waals surface area contributed by atoms with Crippen molar-refractivity contribution < 1.29 is 24.0 Å². The lowest BCUT2D eigenvalue weighted by atomic mass is 9.93. The zero-order valence-electron chi connectivity index (χ0n) is 13.5. The van der Waals surface area contributed by atoms with Crippen molar-refractivity contribution in [1.82, 2.24) is 15.5 Å². The molecule has 2 aromatic rings. The van der Waals surface area contributed by atoms with Gasteiger partial charge in [-0.2, -0.15) is 16.3 Å². The van der Waals surface area contributed by atoms with Gasteiger partial charge in [0.15, 0.2) is 0 Å². The predicted molar refractivity (Wildman–Crippen MR) is 89.0 cm³/mol. The highest BCUT2D eigenvalue weighted by Crippen LogP contribution is 2.20. The second kappa shape index (κ2) is 8.21. The van der Waals surface area contributed by atoms with Gasteiger partial charge in [-0.05, 0) is 24.3 Å². The Morgan fingerprint density at radius 3 is 3.04 bits per heavy atom. The first-order valence-corrected chi connectivity index (χ1v) is 9.03. The summed E-state index contributed by atoms with van der Waals surface area (Å²) in [5.74, 6) is -0.762. The molecule has 9 heteroatoms. The molecule has 0 bridgehead atoms. The van der Waals surface area contributed by atoms with Crippen molar-refractivity contribution in [3.05, 3.63) is 22.7 Å². The normalized spacial score (nSPS) is 18.6. The Labute approximate surface area is 148 Å². The smallest absolute Gasteiger partial charge is 0.326 e. The Bertz CT molecular complexity index is 709. The molecule has 1 aliphatic heterocycles. The Kier molecular flexibility index (Phi) is 5.77. The van der Waals surface area contributed by atoms with Gasteiger partial charge in [0.25, 0.3) is 0 Å². The molecular formula is C16H19N3O5S. The van der Waals surface area contributed by atoms with Gasteiger partial charge in [-0.1, -0.05) is 5.16 Å². The highest BCUT2D eigenvalue weighted by molar-refractivity contribution is 7.08. The van der Waals surface area contributed by atoms with E-state index in [-0.39, 0.29) is 24.7 Å². The van der Waals surface area contributed by atoms with E-state index in [0.717, 1.165) is 18.4 Å². The Balaban J connectivity index is 1.52. The fraction of sp³-hybridized carbons (Fsp3) is 0.500. The Morgan fingerprint density at radius 2 is 2.36 bits per heavy atom. The quantitative estimate of drug-likeness (QED) is 0.768. The van der Waals surface area contributed by atoms with Crippen LogP contribution >= 0.6 is 11.3 Å². The molecule has 1 amide bonds. The molecule has 1 aliphatic rings. The third-order valence-corrected chi connectivity index (χ3v) is 4.75. The van der Waals surface area contributed by atoms with E-state index in [0.29, 0.717) is 24.9 Å². The first-order chi connectivity index (χ1) is 12.1. The third kappa shape index (κ3) is 4.64. The van der Waals surface area contributed by atoms with Crippen LogP contribution in [0.25, 0.3) is 11.4 Å². The largest absolute Gasteiger partial charge is 0.480 e. The summed E-state index contributed by atoms with van der Waals surface area (Å²) in [6, 6.07) is 0.951. The van der Waals surface area contributed by atoms with Gasteiger partial charge in [-0.25, -0.2) is 4.79 Å². The van der Waals surface area contributed by atoms with Crippen molar-refractivity contribution in [3.8, 4) is 11.4 Å². The summed E-state index contributed by atoms with van der Waals surface area (Å²) in [5, 5.41) is 19.6. The molecule has 1 fully saturated rings. The number of ether oxygens (including phenoxy) is 1. The summed E-state index contributed by atoms with van der Waals surface area (Å²) in [7, 11) is 0. The maximum Gasteiger partial charge on any atom is 0.326 e. The van der Waals surface area contributed by atoms with Gasteiger partial charge in [-0.3, -0.25) is 4.79 Å². The molecule has 1 saturated heterocycles. The molecule has 25 heavy (non-hydrogen) atoms. The van der Waals surface area contributed by atoms with Gasteiger partial charge >= 0.3 is 5.97 Å². The molecule has 0 radical (unpaired) electrons. The average molecular weight is 365 g/mol. The number of thiophene rings is 1. The van der Waals surface area contributed by atoms with Gasteiger partial charge < -0.3 is 19.7 Å². The molecule has 0 spiro atoms. The van der Waals surface area contributed by atoms with E-state index in [4.69, 9.17) is 9.26 Å². The van der Waals surface area contributed by atoms with Crippen LogP contribution in [-0.2, 0) is 20.7 Å². The third-order valence-electron chi connectivity index (χ3n) is 4.06. The van der Waals surface area contributed by atoms with Crippen molar-refractivity contribution in [2.24, 2.45) is 5.92 Å². The van der Waals surface area contributed by atoms with E-state index in [1.54, 1.807) is 0 Å². The lowest BCUT2D eigenvalue weighted by Crippen LogP contribution is -2.48. The summed E-state index contributed by atoms with van der Waals surface area (Å²) < 4.78 is 10.4. The zero-order chi connectivity index (χ0) is 17.6. The first-order valence-electron chi connectivity index (χ1n) is 8.08. The number of aliphatic carboxylic acids is 1. The second-order valence-corrected chi connectivity index (χ2v) is 6.66. The van der Waals surface area contributed by atoms with Gasteiger partial charge in [0.1, 0.15) is 6.04 Å². The number of hydrogen-bond acceptors (Lipinski definition) is 7. The van der Waals surface area contributed by atoms with E-state index in [1.807, 2.05) is 16.8 Å². The van der Waals surface area contributed by atoms with Crippen molar-refractivity contribution >= 4 is 23.2 Å². The van der Waals surface area contributed by atoms with Crippen LogP contribution in [0.5, 0.6) is 0 Å². The van der Waals surface area contributed by atoms with E-state index in [2.05, 4.69) is 15.5 Å². The van der Waals surface area contributed by atoms with E-state index in [9.17, 15) is 14.7 Å². The number of carboxylic acids is 1. The predicted octanol–water partition coefficient (Wildman–Crippen LogP) is 1.73. The number of carboxylic acid groups (broad SMARTS) is 1. The maximum absolute atomic E-state index is 12.1. The molecule has 134 valence electrons. The van der Waals surface area contributed by atoms with Crippen molar-refractivity contribution in [3.63, 3.8) is 0 Å². The summed E-state index contributed by atoms with van der Waals surface area (Å²) in [5.41, 5.74) is 0.868. The maximum atomic E-state index is 12.1. The molecule has 3 heterocycles. The molecule has 0 saturated carbocycles. The minimum atomic E-state index is -1.04. The number of nitrogens with one attached hydrogen (secondary N) is 1. The number of aromatic nitrogens is 2. The lowest BCUT2D eigenvalue weighted by molar-refractivity contribution is -0.145. The summed E-state index contributed by atoms with van der Waals surface area (Å²) >= 11 is 1.53. The number of aryl methyl sites for hydroxylation is 1. The standard InChI is InChI=1S/C16H19N3O5S/c20-12(17-14(16(21)22)10-2-1-6-23-8-10)3-4-13-18-15(19-24-13)11-5-7-25-9-11/h5,7,9-10,14H,1-4,6,8H2,(H,17,20)(H,21,22). The van der Waals surface area contributed by atoms with Crippen LogP contribution in [0.1, 0.15) is 25.2 Å². The van der Waals surface area contributed by atoms with Gasteiger partial charge in [0, 0.05) is 36.3 Å². The number of hydrogen-bond donors (Lipinski definition) is 2. The van der Waals surface area contributed by atoms with Gasteiger partial charge in [0.05, 0.1) is 6.61 Å². The SMILES string of the molecule is O=C(CCc1nc(-c2ccsc2)no1)NC(C(=O)O)C1CCCOC1. The van der Waals surface area contributed by atoms with Crippen LogP contribution in [0.15, 0.2) is 21.3 Å². The summed E-state index contributed by atoms with van der Waals surface area (Å²) in [6.45, 7) is 0.991. The zero-order valence-corrected chi connectivity index (χ0v) is 14.3. The second-order valence-electron chi connectivity index (χ2n) is 5.88. The molecule has 0 aromatic carbocycles. The van der Waals surface area contributed by atoms with Gasteiger partial charge in [0.2, 0.25) is 17.6 Å². The Hall–Kier alpha value is -2.26. The number of rotatable bonds is 7. The molecule has 2 unspecified atom stereocenters. The molecule has 3 rings (SSSR count). The topological polar surface area (TPSA) is 115 Å². The van der Waals surface area contributed by atoms with Crippen LogP contribution < -0.4 is 5.32 Å². The van der Waals surface area contributed by atoms with Crippen molar-refractivity contribution in [2.75, 3.05) is 13.2 Å². The van der Waals surface area contributed by atoms with E-state index < -0.39 is 12.0 Å². The molecule has 0 aliphatic carbocycles. The molecule has 8 nitrogen and oxygen atoms in total. The van der Waals surface area contributed by atoms with Crippen LogP contribution in [0.4, 0.5) is 0 Å². The minimum absolute atomic E-state index is 0.0859. The highest BCUT2D eigenvalue weighted by atomic mass is 32.1. The molecule has 2 atom stereocenters. The number of nitrogens with zero attached hydrogens (tertiary/aromatic N) is 2. The van der Waals surface area contributed by atoms with Crippen LogP contribution in [0, 0.1) is 5.92 Å². The van der Waals surface area contributed by atoms with Crippen LogP contribution in [0.2, 0.25) is 0 Å². The Morgan fingerprint density at radius 1 is 1.48 bits per heavy atom. The fourth-order valence-electron chi connectivity index (χ4n) is 2.74.